The Labute approximate surface area is 67.7 Å². The molecule has 1 atom stereocenters. The van der Waals surface area contributed by atoms with Crippen LogP contribution in [0.25, 0.3) is 0 Å². The largest absolute Gasteiger partial charge is 0.436 e. The van der Waals surface area contributed by atoms with Gasteiger partial charge in [-0.1, -0.05) is 13.3 Å². The summed E-state index contributed by atoms with van der Waals surface area (Å²) in [5, 5.41) is 0. The summed E-state index contributed by atoms with van der Waals surface area (Å²) in [6.07, 6.45) is 1.69. The van der Waals surface area contributed by atoms with Crippen LogP contribution in [0, 0.1) is 0 Å². The smallest absolute Gasteiger partial charge is 0.304 e. The molecule has 3 nitrogen and oxygen atoms in total. The third kappa shape index (κ3) is 7.33. The molecule has 1 unspecified atom stereocenters. The van der Waals surface area contributed by atoms with E-state index in [1.807, 2.05) is 0 Å². The maximum Gasteiger partial charge on any atom is 0.304 e. The van der Waals surface area contributed by atoms with Gasteiger partial charge in [-0.15, -0.1) is 0 Å². The fourth-order valence-electron chi connectivity index (χ4n) is 0.661. The van der Waals surface area contributed by atoms with Crippen molar-refractivity contribution in [1.82, 2.24) is 0 Å². The lowest BCUT2D eigenvalue weighted by atomic mass is 10.4. The van der Waals surface area contributed by atoms with Crippen molar-refractivity contribution < 1.29 is 14.3 Å². The van der Waals surface area contributed by atoms with Gasteiger partial charge in [-0.05, 0) is 13.3 Å². The molecule has 11 heavy (non-hydrogen) atoms. The van der Waals surface area contributed by atoms with E-state index >= 15 is 0 Å². The highest BCUT2D eigenvalue weighted by Gasteiger charge is 2.03. The summed E-state index contributed by atoms with van der Waals surface area (Å²) in [6, 6.07) is 0. The van der Waals surface area contributed by atoms with Gasteiger partial charge in [0, 0.05) is 6.92 Å². The van der Waals surface area contributed by atoms with Gasteiger partial charge in [0.2, 0.25) is 0 Å². The van der Waals surface area contributed by atoms with Crippen LogP contribution in [-0.4, -0.2) is 18.9 Å². The fraction of sp³-hybridized carbons (Fsp3) is 0.875. The Balaban J connectivity index is 3.22. The van der Waals surface area contributed by atoms with Crippen LogP contribution in [0.4, 0.5) is 0 Å². The average molecular weight is 160 g/mol. The fourth-order valence-corrected chi connectivity index (χ4v) is 0.661. The molecule has 0 bridgehead atoms. The standard InChI is InChI=1S/C8H16O3/c1-4-5-6-10-8(3)11-7(2)9/h8H,4-6H2,1-3H3. The Kier molecular flexibility index (Phi) is 5.84. The van der Waals surface area contributed by atoms with Gasteiger partial charge < -0.3 is 9.47 Å². The minimum absolute atomic E-state index is 0.297. The van der Waals surface area contributed by atoms with Gasteiger partial charge in [-0.2, -0.15) is 0 Å². The molecule has 0 aromatic heterocycles. The molecule has 0 amide bonds. The molecule has 0 spiro atoms. The first kappa shape index (κ1) is 10.4. The molecule has 0 fully saturated rings. The molecule has 0 aliphatic rings. The van der Waals surface area contributed by atoms with Crippen LogP contribution in [0.2, 0.25) is 0 Å². The number of rotatable bonds is 5. The van der Waals surface area contributed by atoms with Crippen LogP contribution in [0.3, 0.4) is 0 Å². The Morgan fingerprint density at radius 3 is 2.64 bits per heavy atom. The van der Waals surface area contributed by atoms with Crippen molar-refractivity contribution in [1.29, 1.82) is 0 Å². The number of carbonyl (C=O) groups is 1. The van der Waals surface area contributed by atoms with E-state index in [0.717, 1.165) is 12.8 Å². The molecule has 0 aromatic rings. The highest BCUT2D eigenvalue weighted by atomic mass is 16.7. The van der Waals surface area contributed by atoms with E-state index in [0.29, 0.717) is 6.61 Å². The number of esters is 1. The Morgan fingerprint density at radius 1 is 1.55 bits per heavy atom. The van der Waals surface area contributed by atoms with Crippen molar-refractivity contribution in [2.75, 3.05) is 6.61 Å². The van der Waals surface area contributed by atoms with Crippen molar-refractivity contribution in [2.45, 2.75) is 39.9 Å². The molecule has 0 heterocycles. The number of unbranched alkanes of at least 4 members (excludes halogenated alkanes) is 1. The zero-order valence-corrected chi connectivity index (χ0v) is 7.42. The summed E-state index contributed by atoms with van der Waals surface area (Å²) in [7, 11) is 0. The summed E-state index contributed by atoms with van der Waals surface area (Å²) in [4.78, 5) is 10.4. The van der Waals surface area contributed by atoms with Crippen molar-refractivity contribution in [3.8, 4) is 0 Å². The molecule has 0 aliphatic heterocycles. The Hall–Kier alpha value is -0.570. The molecule has 0 aliphatic carbocycles. The second kappa shape index (κ2) is 6.16. The zero-order chi connectivity index (χ0) is 8.69. The van der Waals surface area contributed by atoms with E-state index < -0.39 is 6.29 Å². The van der Waals surface area contributed by atoms with Crippen LogP contribution < -0.4 is 0 Å². The summed E-state index contributed by atoms with van der Waals surface area (Å²) in [5.41, 5.74) is 0. The maximum atomic E-state index is 10.4. The SMILES string of the molecule is CCCCOC(C)OC(C)=O. The van der Waals surface area contributed by atoms with Crippen LogP contribution in [0.15, 0.2) is 0 Å². The Bertz CT molecular complexity index is 112. The van der Waals surface area contributed by atoms with E-state index in [2.05, 4.69) is 6.92 Å². The second-order valence-electron chi connectivity index (χ2n) is 2.40. The van der Waals surface area contributed by atoms with Crippen molar-refractivity contribution in [3.63, 3.8) is 0 Å². The van der Waals surface area contributed by atoms with Gasteiger partial charge in [-0.3, -0.25) is 4.79 Å². The predicted molar refractivity (Wildman–Crippen MR) is 42.1 cm³/mol. The lowest BCUT2D eigenvalue weighted by Gasteiger charge is -2.11. The van der Waals surface area contributed by atoms with E-state index in [9.17, 15) is 4.79 Å². The van der Waals surface area contributed by atoms with Gasteiger partial charge in [0.25, 0.3) is 0 Å². The number of hydrogen-bond donors (Lipinski definition) is 0. The normalized spacial score (nSPS) is 12.6. The second-order valence-corrected chi connectivity index (χ2v) is 2.40. The summed E-state index contributed by atoms with van der Waals surface area (Å²) in [6.45, 7) is 5.83. The minimum Gasteiger partial charge on any atom is -0.436 e. The highest BCUT2D eigenvalue weighted by Crippen LogP contribution is 1.96. The Morgan fingerprint density at radius 2 is 2.18 bits per heavy atom. The summed E-state index contributed by atoms with van der Waals surface area (Å²) >= 11 is 0. The van der Waals surface area contributed by atoms with Gasteiger partial charge in [-0.25, -0.2) is 0 Å². The average Bonchev–Trinajstić information content (AvgIpc) is 1.86. The van der Waals surface area contributed by atoms with Crippen LogP contribution in [0.1, 0.15) is 33.6 Å². The molecule has 66 valence electrons. The lowest BCUT2D eigenvalue weighted by Crippen LogP contribution is -2.16. The molecule has 0 saturated heterocycles. The maximum absolute atomic E-state index is 10.4. The van der Waals surface area contributed by atoms with E-state index in [-0.39, 0.29) is 5.97 Å². The monoisotopic (exact) mass is 160 g/mol. The minimum atomic E-state index is -0.404. The molecule has 0 N–H and O–H groups in total. The lowest BCUT2D eigenvalue weighted by molar-refractivity contribution is -0.172. The molecule has 3 heteroatoms. The number of ether oxygens (including phenoxy) is 2. The molecule has 0 saturated carbocycles. The van der Waals surface area contributed by atoms with E-state index in [1.165, 1.54) is 6.92 Å². The third-order valence-corrected chi connectivity index (χ3v) is 1.18. The molecular weight excluding hydrogens is 144 g/mol. The van der Waals surface area contributed by atoms with Crippen molar-refractivity contribution >= 4 is 5.97 Å². The van der Waals surface area contributed by atoms with Gasteiger partial charge in [0.1, 0.15) is 0 Å². The van der Waals surface area contributed by atoms with E-state index in [4.69, 9.17) is 9.47 Å². The highest BCUT2D eigenvalue weighted by molar-refractivity contribution is 5.65. The van der Waals surface area contributed by atoms with Crippen LogP contribution >= 0.6 is 0 Å². The predicted octanol–water partition coefficient (Wildman–Crippen LogP) is 1.71. The quantitative estimate of drug-likeness (QED) is 0.349. The summed E-state index contributed by atoms with van der Waals surface area (Å²) < 4.78 is 9.89. The molecule has 0 aromatic carbocycles. The first-order valence-electron chi connectivity index (χ1n) is 3.95. The van der Waals surface area contributed by atoms with Gasteiger partial charge in [0.15, 0.2) is 6.29 Å². The van der Waals surface area contributed by atoms with Crippen molar-refractivity contribution in [3.05, 3.63) is 0 Å². The van der Waals surface area contributed by atoms with Crippen LogP contribution in [0.5, 0.6) is 0 Å². The first-order valence-corrected chi connectivity index (χ1v) is 3.95. The topological polar surface area (TPSA) is 35.5 Å². The van der Waals surface area contributed by atoms with E-state index in [1.54, 1.807) is 6.92 Å². The molecule has 0 radical (unpaired) electrons. The third-order valence-electron chi connectivity index (χ3n) is 1.18. The molecular formula is C8H16O3. The zero-order valence-electron chi connectivity index (χ0n) is 7.42. The summed E-state index contributed by atoms with van der Waals surface area (Å²) in [5.74, 6) is -0.297. The number of hydrogen-bond acceptors (Lipinski definition) is 3. The first-order chi connectivity index (χ1) is 5.16. The molecule has 0 rings (SSSR count). The number of carbonyl (C=O) groups excluding carboxylic acids is 1. The van der Waals surface area contributed by atoms with Crippen molar-refractivity contribution in [2.24, 2.45) is 0 Å². The van der Waals surface area contributed by atoms with Gasteiger partial charge in [0.05, 0.1) is 6.61 Å². The van der Waals surface area contributed by atoms with Crippen LogP contribution in [-0.2, 0) is 14.3 Å². The van der Waals surface area contributed by atoms with Gasteiger partial charge >= 0.3 is 5.97 Å².